The highest BCUT2D eigenvalue weighted by Gasteiger charge is 2.16. The number of amides is 3. The summed E-state index contributed by atoms with van der Waals surface area (Å²) in [6.07, 6.45) is 3.28. The van der Waals surface area contributed by atoms with Crippen molar-refractivity contribution in [1.82, 2.24) is 10.2 Å². The SMILES string of the molecule is O=C(NCC(=O)N1CCCCC1)Nc1ccccc1Br. The Morgan fingerprint density at radius 2 is 1.85 bits per heavy atom. The first kappa shape index (κ1) is 14.8. The molecule has 1 heterocycles. The highest BCUT2D eigenvalue weighted by molar-refractivity contribution is 9.10. The van der Waals surface area contributed by atoms with Gasteiger partial charge in [0.15, 0.2) is 0 Å². The lowest BCUT2D eigenvalue weighted by molar-refractivity contribution is -0.130. The predicted octanol–water partition coefficient (Wildman–Crippen LogP) is 2.58. The molecular weight excluding hydrogens is 322 g/mol. The molecule has 5 nitrogen and oxygen atoms in total. The number of hydrogen-bond acceptors (Lipinski definition) is 2. The number of para-hydroxylation sites is 1. The van der Waals surface area contributed by atoms with Crippen LogP contribution >= 0.6 is 15.9 Å². The average molecular weight is 340 g/mol. The third-order valence-electron chi connectivity index (χ3n) is 3.23. The molecule has 1 saturated heterocycles. The van der Waals surface area contributed by atoms with E-state index in [-0.39, 0.29) is 18.5 Å². The molecule has 0 bridgehead atoms. The van der Waals surface area contributed by atoms with Gasteiger partial charge in [-0.1, -0.05) is 12.1 Å². The van der Waals surface area contributed by atoms with Gasteiger partial charge in [0.25, 0.3) is 0 Å². The zero-order valence-corrected chi connectivity index (χ0v) is 12.8. The fraction of sp³-hybridized carbons (Fsp3) is 0.429. The van der Waals surface area contributed by atoms with Gasteiger partial charge in [0.05, 0.1) is 12.2 Å². The number of nitrogens with zero attached hydrogens (tertiary/aromatic N) is 1. The molecular formula is C14H18BrN3O2. The minimum atomic E-state index is -0.373. The number of carbonyl (C=O) groups excluding carboxylic acids is 2. The van der Waals surface area contributed by atoms with Gasteiger partial charge in [0.2, 0.25) is 5.91 Å². The van der Waals surface area contributed by atoms with Crippen molar-refractivity contribution in [2.24, 2.45) is 0 Å². The summed E-state index contributed by atoms with van der Waals surface area (Å²) in [5.41, 5.74) is 0.676. The zero-order chi connectivity index (χ0) is 14.4. The number of hydrogen-bond donors (Lipinski definition) is 2. The molecule has 6 heteroatoms. The Hall–Kier alpha value is -1.56. The molecule has 0 radical (unpaired) electrons. The van der Waals surface area contributed by atoms with Crippen LogP contribution in [0.3, 0.4) is 0 Å². The van der Waals surface area contributed by atoms with Gasteiger partial charge >= 0.3 is 6.03 Å². The van der Waals surface area contributed by atoms with Gasteiger partial charge in [-0.05, 0) is 47.3 Å². The van der Waals surface area contributed by atoms with Crippen LogP contribution in [-0.4, -0.2) is 36.5 Å². The monoisotopic (exact) mass is 339 g/mol. The van der Waals surface area contributed by atoms with Gasteiger partial charge in [-0.2, -0.15) is 0 Å². The Bertz CT molecular complexity index is 487. The topological polar surface area (TPSA) is 61.4 Å². The fourth-order valence-corrected chi connectivity index (χ4v) is 2.52. The second kappa shape index (κ2) is 7.28. The normalized spacial score (nSPS) is 14.8. The largest absolute Gasteiger partial charge is 0.341 e. The summed E-state index contributed by atoms with van der Waals surface area (Å²) >= 11 is 3.35. The van der Waals surface area contributed by atoms with Crippen LogP contribution in [0.2, 0.25) is 0 Å². The average Bonchev–Trinajstić information content (AvgIpc) is 2.48. The summed E-state index contributed by atoms with van der Waals surface area (Å²) in [6.45, 7) is 1.63. The summed E-state index contributed by atoms with van der Waals surface area (Å²) < 4.78 is 0.803. The van der Waals surface area contributed by atoms with Crippen molar-refractivity contribution in [2.75, 3.05) is 25.0 Å². The van der Waals surface area contributed by atoms with Crippen molar-refractivity contribution in [1.29, 1.82) is 0 Å². The van der Waals surface area contributed by atoms with E-state index >= 15 is 0 Å². The van der Waals surface area contributed by atoms with E-state index in [1.54, 1.807) is 6.07 Å². The maximum atomic E-state index is 11.9. The van der Waals surface area contributed by atoms with E-state index in [1.807, 2.05) is 23.1 Å². The van der Waals surface area contributed by atoms with Crippen molar-refractivity contribution in [3.63, 3.8) is 0 Å². The predicted molar refractivity (Wildman–Crippen MR) is 81.6 cm³/mol. The van der Waals surface area contributed by atoms with Gasteiger partial charge in [-0.15, -0.1) is 0 Å². The molecule has 0 saturated carbocycles. The maximum absolute atomic E-state index is 11.9. The highest BCUT2D eigenvalue weighted by Crippen LogP contribution is 2.20. The summed E-state index contributed by atoms with van der Waals surface area (Å²) in [7, 11) is 0. The van der Waals surface area contributed by atoms with Crippen LogP contribution in [0.5, 0.6) is 0 Å². The minimum absolute atomic E-state index is 0.0213. The van der Waals surface area contributed by atoms with Crippen molar-refractivity contribution >= 4 is 33.6 Å². The second-order valence-electron chi connectivity index (χ2n) is 4.73. The first-order chi connectivity index (χ1) is 9.66. The van der Waals surface area contributed by atoms with Crippen LogP contribution < -0.4 is 10.6 Å². The molecule has 0 aromatic heterocycles. The fourth-order valence-electron chi connectivity index (χ4n) is 2.14. The molecule has 1 aliphatic heterocycles. The van der Waals surface area contributed by atoms with Gasteiger partial charge in [0, 0.05) is 17.6 Å². The molecule has 0 aliphatic carbocycles. The molecule has 1 aromatic carbocycles. The number of rotatable bonds is 3. The van der Waals surface area contributed by atoms with E-state index in [9.17, 15) is 9.59 Å². The quantitative estimate of drug-likeness (QED) is 0.888. The molecule has 0 atom stereocenters. The zero-order valence-electron chi connectivity index (χ0n) is 11.2. The Morgan fingerprint density at radius 3 is 2.55 bits per heavy atom. The molecule has 0 unspecified atom stereocenters. The molecule has 20 heavy (non-hydrogen) atoms. The Morgan fingerprint density at radius 1 is 1.15 bits per heavy atom. The van der Waals surface area contributed by atoms with Crippen LogP contribution in [0.4, 0.5) is 10.5 Å². The number of piperidine rings is 1. The minimum Gasteiger partial charge on any atom is -0.341 e. The number of benzene rings is 1. The van der Waals surface area contributed by atoms with E-state index in [1.165, 1.54) is 6.42 Å². The first-order valence-corrected chi connectivity index (χ1v) is 7.53. The summed E-state index contributed by atoms with van der Waals surface area (Å²) in [4.78, 5) is 25.4. The van der Waals surface area contributed by atoms with Crippen molar-refractivity contribution in [2.45, 2.75) is 19.3 Å². The van der Waals surface area contributed by atoms with E-state index in [0.29, 0.717) is 5.69 Å². The molecule has 2 rings (SSSR count). The number of urea groups is 1. The first-order valence-electron chi connectivity index (χ1n) is 6.74. The molecule has 0 spiro atoms. The van der Waals surface area contributed by atoms with Crippen LogP contribution in [0.25, 0.3) is 0 Å². The molecule has 1 fully saturated rings. The molecule has 2 N–H and O–H groups in total. The summed E-state index contributed by atoms with van der Waals surface area (Å²) in [6, 6.07) is 6.96. The number of anilines is 1. The van der Waals surface area contributed by atoms with E-state index in [0.717, 1.165) is 30.4 Å². The Kier molecular flexibility index (Phi) is 5.40. The van der Waals surface area contributed by atoms with E-state index in [4.69, 9.17) is 0 Å². The number of nitrogens with one attached hydrogen (secondary N) is 2. The lowest BCUT2D eigenvalue weighted by Gasteiger charge is -2.26. The Labute approximate surface area is 126 Å². The highest BCUT2D eigenvalue weighted by atomic mass is 79.9. The smallest absolute Gasteiger partial charge is 0.319 e. The number of halogens is 1. The lowest BCUT2D eigenvalue weighted by atomic mass is 10.1. The number of likely N-dealkylation sites (tertiary alicyclic amines) is 1. The molecule has 1 aromatic rings. The van der Waals surface area contributed by atoms with Crippen molar-refractivity contribution in [3.8, 4) is 0 Å². The molecule has 3 amide bonds. The lowest BCUT2D eigenvalue weighted by Crippen LogP contribution is -2.43. The standard InChI is InChI=1S/C14H18BrN3O2/c15-11-6-2-3-7-12(11)17-14(20)16-10-13(19)18-8-4-1-5-9-18/h2-3,6-7H,1,4-5,8-10H2,(H2,16,17,20). The van der Waals surface area contributed by atoms with E-state index in [2.05, 4.69) is 26.6 Å². The second-order valence-corrected chi connectivity index (χ2v) is 5.58. The van der Waals surface area contributed by atoms with Gasteiger partial charge < -0.3 is 15.5 Å². The van der Waals surface area contributed by atoms with Crippen molar-refractivity contribution in [3.05, 3.63) is 28.7 Å². The van der Waals surface area contributed by atoms with Gasteiger partial charge in [-0.3, -0.25) is 4.79 Å². The van der Waals surface area contributed by atoms with Gasteiger partial charge in [-0.25, -0.2) is 4.79 Å². The number of carbonyl (C=O) groups is 2. The van der Waals surface area contributed by atoms with Crippen LogP contribution in [0.1, 0.15) is 19.3 Å². The van der Waals surface area contributed by atoms with Crippen LogP contribution in [0, 0.1) is 0 Å². The van der Waals surface area contributed by atoms with Crippen molar-refractivity contribution < 1.29 is 9.59 Å². The summed E-state index contributed by atoms with van der Waals surface area (Å²) in [5.74, 6) is -0.0213. The Balaban J connectivity index is 1.77. The van der Waals surface area contributed by atoms with Gasteiger partial charge in [0.1, 0.15) is 0 Å². The third-order valence-corrected chi connectivity index (χ3v) is 3.92. The summed E-state index contributed by atoms with van der Waals surface area (Å²) in [5, 5.41) is 5.29. The van der Waals surface area contributed by atoms with Crippen LogP contribution in [0.15, 0.2) is 28.7 Å². The maximum Gasteiger partial charge on any atom is 0.319 e. The third kappa shape index (κ3) is 4.23. The van der Waals surface area contributed by atoms with E-state index < -0.39 is 0 Å². The molecule has 1 aliphatic rings. The van der Waals surface area contributed by atoms with Crippen LogP contribution in [-0.2, 0) is 4.79 Å². The molecule has 108 valence electrons.